The summed E-state index contributed by atoms with van der Waals surface area (Å²) in [6.45, 7) is 2.23. The molecule has 1 nitrogen and oxygen atoms in total. The lowest BCUT2D eigenvalue weighted by atomic mass is 9.96. The van der Waals surface area contributed by atoms with Crippen molar-refractivity contribution in [3.05, 3.63) is 17.1 Å². The molecule has 1 unspecified atom stereocenters. The van der Waals surface area contributed by atoms with Gasteiger partial charge in [0.25, 0.3) is 0 Å². The van der Waals surface area contributed by atoms with Crippen molar-refractivity contribution in [1.82, 2.24) is 4.75 Å². The van der Waals surface area contributed by atoms with Crippen LogP contribution in [0.3, 0.4) is 0 Å². The van der Waals surface area contributed by atoms with Crippen LogP contribution in [0.25, 0.3) is 0 Å². The van der Waals surface area contributed by atoms with E-state index in [-0.39, 0.29) is 0 Å². The molecule has 13 heavy (non-hydrogen) atoms. The molecule has 1 aromatic rings. The predicted octanol–water partition coefficient (Wildman–Crippen LogP) is 3.86. The third-order valence-electron chi connectivity index (χ3n) is 3.13. The Morgan fingerprint density at radius 1 is 1.23 bits per heavy atom. The third-order valence-corrected chi connectivity index (χ3v) is 4.43. The van der Waals surface area contributed by atoms with Gasteiger partial charge in [-0.1, -0.05) is 25.7 Å². The fourth-order valence-electron chi connectivity index (χ4n) is 2.34. The molecule has 0 aliphatic heterocycles. The topological polar surface area (TPSA) is 12.9 Å². The Labute approximate surface area is 82.1 Å². The van der Waals surface area contributed by atoms with E-state index >= 15 is 0 Å². The number of nitrogens with zero attached hydrogens (tertiary/aromatic N) is 1. The van der Waals surface area contributed by atoms with Gasteiger partial charge in [0.15, 0.2) is 0 Å². The maximum absolute atomic E-state index is 4.38. The van der Waals surface area contributed by atoms with Crippen LogP contribution >= 0.6 is 8.35 Å². The highest BCUT2D eigenvalue weighted by Crippen LogP contribution is 2.36. The zero-order chi connectivity index (χ0) is 9.10. The second kappa shape index (κ2) is 4.28. The molecule has 72 valence electrons. The highest BCUT2D eigenvalue weighted by atomic mass is 31.0. The second-order valence-corrected chi connectivity index (χ2v) is 5.18. The zero-order valence-corrected chi connectivity index (χ0v) is 9.34. The number of hydrogen-bond acceptors (Lipinski definition) is 1. The van der Waals surface area contributed by atoms with Gasteiger partial charge < -0.3 is 0 Å². The standard InChI is InChI=1S/C11H18NP/c1-9-8-12-13-11(9)10-6-4-2-3-5-7-10/h8,10,13H,2-7H2,1H3. The molecule has 2 rings (SSSR count). The molecule has 2 heteroatoms. The van der Waals surface area contributed by atoms with Gasteiger partial charge in [0, 0.05) is 6.20 Å². The van der Waals surface area contributed by atoms with Gasteiger partial charge in [-0.05, 0) is 44.9 Å². The lowest BCUT2D eigenvalue weighted by Gasteiger charge is -2.12. The number of aryl methyl sites for hydroxylation is 1. The van der Waals surface area contributed by atoms with Crippen molar-refractivity contribution < 1.29 is 0 Å². The van der Waals surface area contributed by atoms with Gasteiger partial charge in [-0.3, -0.25) is 0 Å². The Morgan fingerprint density at radius 3 is 2.46 bits per heavy atom. The summed E-state index contributed by atoms with van der Waals surface area (Å²) in [4.78, 5) is 0. The largest absolute Gasteiger partial charge is 0.248 e. The maximum Gasteiger partial charge on any atom is 0.0342 e. The summed E-state index contributed by atoms with van der Waals surface area (Å²) in [6.07, 6.45) is 10.7. The van der Waals surface area contributed by atoms with Crippen LogP contribution in [0.5, 0.6) is 0 Å². The van der Waals surface area contributed by atoms with E-state index in [0.717, 1.165) is 14.3 Å². The van der Waals surface area contributed by atoms with Gasteiger partial charge in [0.05, 0.1) is 0 Å². The Bertz CT molecular complexity index is 259. The molecule has 0 bridgehead atoms. The first-order valence-corrected chi connectivity index (χ1v) is 6.32. The number of rotatable bonds is 1. The minimum atomic E-state index is 0.757. The number of hydrogen-bond donors (Lipinski definition) is 0. The normalized spacial score (nSPS) is 20.7. The minimum Gasteiger partial charge on any atom is -0.248 e. The maximum atomic E-state index is 4.38. The van der Waals surface area contributed by atoms with E-state index in [4.69, 9.17) is 0 Å². The van der Waals surface area contributed by atoms with Crippen LogP contribution in [0.15, 0.2) is 6.20 Å². The van der Waals surface area contributed by atoms with Crippen LogP contribution in [0.1, 0.15) is 55.3 Å². The van der Waals surface area contributed by atoms with Crippen molar-refractivity contribution in [2.24, 2.45) is 0 Å². The van der Waals surface area contributed by atoms with E-state index in [1.807, 2.05) is 0 Å². The molecule has 1 aromatic heterocycles. The van der Waals surface area contributed by atoms with Crippen LogP contribution in [0.2, 0.25) is 0 Å². The first-order chi connectivity index (χ1) is 6.38. The molecule has 1 heterocycles. The predicted molar refractivity (Wildman–Crippen MR) is 58.9 cm³/mol. The first kappa shape index (κ1) is 9.27. The van der Waals surface area contributed by atoms with E-state index in [1.165, 1.54) is 44.1 Å². The van der Waals surface area contributed by atoms with Gasteiger partial charge >= 0.3 is 0 Å². The van der Waals surface area contributed by atoms with Crippen molar-refractivity contribution in [1.29, 1.82) is 0 Å². The van der Waals surface area contributed by atoms with Crippen LogP contribution in [0.4, 0.5) is 0 Å². The van der Waals surface area contributed by atoms with Crippen LogP contribution in [0, 0.1) is 6.92 Å². The highest BCUT2D eigenvalue weighted by molar-refractivity contribution is 7.26. The SMILES string of the molecule is Cc1cn[pH]c1C1CCCCCC1. The minimum absolute atomic E-state index is 0.757. The van der Waals surface area contributed by atoms with Gasteiger partial charge in [0.2, 0.25) is 0 Å². The summed E-state index contributed by atoms with van der Waals surface area (Å²) in [5.41, 5.74) is 1.46. The molecule has 0 saturated heterocycles. The van der Waals surface area contributed by atoms with E-state index < -0.39 is 0 Å². The molecular weight excluding hydrogens is 177 g/mol. The van der Waals surface area contributed by atoms with E-state index in [0.29, 0.717) is 0 Å². The van der Waals surface area contributed by atoms with Crippen LogP contribution in [-0.4, -0.2) is 4.75 Å². The molecular formula is C11H18NP. The monoisotopic (exact) mass is 195 g/mol. The molecule has 0 radical (unpaired) electrons. The van der Waals surface area contributed by atoms with Crippen molar-refractivity contribution in [3.63, 3.8) is 0 Å². The van der Waals surface area contributed by atoms with Crippen molar-refractivity contribution in [3.8, 4) is 0 Å². The van der Waals surface area contributed by atoms with Crippen LogP contribution in [-0.2, 0) is 0 Å². The van der Waals surface area contributed by atoms with Gasteiger partial charge in [-0.15, -0.1) is 0 Å². The molecule has 1 aliphatic rings. The Morgan fingerprint density at radius 2 is 1.92 bits per heavy atom. The molecule has 0 N–H and O–H groups in total. The zero-order valence-electron chi connectivity index (χ0n) is 8.34. The van der Waals surface area contributed by atoms with Crippen molar-refractivity contribution in [2.75, 3.05) is 0 Å². The Balaban J connectivity index is 2.10. The Hall–Kier alpha value is -0.290. The average Bonchev–Trinajstić information content (AvgIpc) is 2.43. The summed E-state index contributed by atoms with van der Waals surface area (Å²) in [6, 6.07) is 0. The summed E-state index contributed by atoms with van der Waals surface area (Å²) >= 11 is 0. The molecule has 0 amide bonds. The Kier molecular flexibility index (Phi) is 3.05. The van der Waals surface area contributed by atoms with E-state index in [9.17, 15) is 0 Å². The summed E-state index contributed by atoms with van der Waals surface area (Å²) < 4.78 is 4.38. The molecule has 1 atom stereocenters. The van der Waals surface area contributed by atoms with Crippen molar-refractivity contribution in [2.45, 2.75) is 51.4 Å². The van der Waals surface area contributed by atoms with Crippen LogP contribution < -0.4 is 0 Å². The average molecular weight is 195 g/mol. The fourth-order valence-corrected chi connectivity index (χ4v) is 3.45. The lowest BCUT2D eigenvalue weighted by Crippen LogP contribution is -1.95. The van der Waals surface area contributed by atoms with Gasteiger partial charge in [-0.2, -0.15) is 0 Å². The quantitative estimate of drug-likeness (QED) is 0.620. The summed E-state index contributed by atoms with van der Waals surface area (Å²) in [7, 11) is 0.757. The lowest BCUT2D eigenvalue weighted by molar-refractivity contribution is 0.599. The first-order valence-electron chi connectivity index (χ1n) is 5.38. The van der Waals surface area contributed by atoms with E-state index in [2.05, 4.69) is 17.9 Å². The fraction of sp³-hybridized carbons (Fsp3) is 0.727. The smallest absolute Gasteiger partial charge is 0.0342 e. The molecule has 1 saturated carbocycles. The molecule has 1 fully saturated rings. The molecule has 0 spiro atoms. The molecule has 0 aromatic carbocycles. The third kappa shape index (κ3) is 2.14. The van der Waals surface area contributed by atoms with E-state index in [1.54, 1.807) is 5.30 Å². The summed E-state index contributed by atoms with van der Waals surface area (Å²) in [5.74, 6) is 0.878. The van der Waals surface area contributed by atoms with Crippen molar-refractivity contribution >= 4 is 8.35 Å². The second-order valence-electron chi connectivity index (χ2n) is 4.16. The number of aromatic nitrogens is 1. The summed E-state index contributed by atoms with van der Waals surface area (Å²) in [5, 5.41) is 1.67. The van der Waals surface area contributed by atoms with Gasteiger partial charge in [-0.25, -0.2) is 4.75 Å². The van der Waals surface area contributed by atoms with Gasteiger partial charge in [0.1, 0.15) is 0 Å². The molecule has 1 aliphatic carbocycles. The highest BCUT2D eigenvalue weighted by Gasteiger charge is 2.16.